The highest BCUT2D eigenvalue weighted by Gasteiger charge is 2.15. The summed E-state index contributed by atoms with van der Waals surface area (Å²) in [6.45, 7) is 5.58. The molecule has 0 spiro atoms. The van der Waals surface area contributed by atoms with E-state index < -0.39 is 29.0 Å². The van der Waals surface area contributed by atoms with Crippen molar-refractivity contribution in [1.29, 1.82) is 0 Å². The van der Waals surface area contributed by atoms with Crippen LogP contribution in [0.25, 0.3) is 0 Å². The normalized spacial score (nSPS) is 10.7. The number of anilines is 1. The second-order valence-corrected chi connectivity index (χ2v) is 5.80. The molecule has 1 aromatic carbocycles. The van der Waals surface area contributed by atoms with Gasteiger partial charge in [0.2, 0.25) is 5.91 Å². The third-order valence-electron chi connectivity index (χ3n) is 3.25. The molecule has 23 heavy (non-hydrogen) atoms. The molecule has 2 rings (SSSR count). The Morgan fingerprint density at radius 1 is 1.09 bits per heavy atom. The molecule has 0 unspecified atom stereocenters. The summed E-state index contributed by atoms with van der Waals surface area (Å²) in [4.78, 5) is 20.3. The number of carbonyl (C=O) groups is 1. The van der Waals surface area contributed by atoms with E-state index in [1.807, 2.05) is 20.8 Å². The molecule has 1 aromatic heterocycles. The van der Waals surface area contributed by atoms with Crippen LogP contribution < -0.4 is 5.32 Å². The standard InChI is InChI=1S/C15H14F3N3OS/c1-7-8(2)19-15(20-9(7)3)23-6-12(22)21-11-5-4-10(16)13(17)14(11)18/h4-5H,6H2,1-3H3,(H,21,22). The quantitative estimate of drug-likeness (QED) is 0.525. The van der Waals surface area contributed by atoms with E-state index in [0.29, 0.717) is 5.16 Å². The predicted octanol–water partition coefficient (Wildman–Crippen LogP) is 3.55. The number of benzene rings is 1. The van der Waals surface area contributed by atoms with Gasteiger partial charge in [0.25, 0.3) is 0 Å². The average Bonchev–Trinajstić information content (AvgIpc) is 2.51. The smallest absolute Gasteiger partial charge is 0.234 e. The summed E-state index contributed by atoms with van der Waals surface area (Å²) >= 11 is 1.07. The zero-order valence-corrected chi connectivity index (χ0v) is 13.5. The minimum absolute atomic E-state index is 0.0830. The fraction of sp³-hybridized carbons (Fsp3) is 0.267. The number of amides is 1. The number of aryl methyl sites for hydroxylation is 2. The lowest BCUT2D eigenvalue weighted by Gasteiger charge is -2.08. The monoisotopic (exact) mass is 341 g/mol. The van der Waals surface area contributed by atoms with Crippen molar-refractivity contribution in [3.63, 3.8) is 0 Å². The van der Waals surface area contributed by atoms with E-state index in [-0.39, 0.29) is 5.75 Å². The summed E-state index contributed by atoms with van der Waals surface area (Å²) < 4.78 is 39.4. The topological polar surface area (TPSA) is 54.9 Å². The minimum atomic E-state index is -1.62. The van der Waals surface area contributed by atoms with E-state index in [0.717, 1.165) is 40.8 Å². The van der Waals surface area contributed by atoms with E-state index >= 15 is 0 Å². The van der Waals surface area contributed by atoms with Gasteiger partial charge >= 0.3 is 0 Å². The molecule has 0 radical (unpaired) electrons. The van der Waals surface area contributed by atoms with Crippen molar-refractivity contribution < 1.29 is 18.0 Å². The van der Waals surface area contributed by atoms with Crippen LogP contribution in [-0.2, 0) is 4.79 Å². The second kappa shape index (κ2) is 6.99. The lowest BCUT2D eigenvalue weighted by Crippen LogP contribution is -2.16. The second-order valence-electron chi connectivity index (χ2n) is 4.86. The molecular weight excluding hydrogens is 327 g/mol. The van der Waals surface area contributed by atoms with Gasteiger partial charge in [-0.25, -0.2) is 23.1 Å². The van der Waals surface area contributed by atoms with Crippen LogP contribution in [0.5, 0.6) is 0 Å². The van der Waals surface area contributed by atoms with Gasteiger partial charge in [-0.05, 0) is 38.5 Å². The van der Waals surface area contributed by atoms with Gasteiger partial charge in [0.05, 0.1) is 11.4 Å². The van der Waals surface area contributed by atoms with Crippen molar-refractivity contribution in [2.45, 2.75) is 25.9 Å². The number of thioether (sulfide) groups is 1. The number of carbonyl (C=O) groups excluding carboxylic acids is 1. The molecule has 0 atom stereocenters. The molecule has 2 aromatic rings. The highest BCUT2D eigenvalue weighted by molar-refractivity contribution is 7.99. The molecular formula is C15H14F3N3OS. The fourth-order valence-electron chi connectivity index (χ4n) is 1.74. The van der Waals surface area contributed by atoms with E-state index in [1.54, 1.807) is 0 Å². The maximum absolute atomic E-state index is 13.5. The van der Waals surface area contributed by atoms with Crippen molar-refractivity contribution in [2.75, 3.05) is 11.1 Å². The highest BCUT2D eigenvalue weighted by Crippen LogP contribution is 2.21. The van der Waals surface area contributed by atoms with Crippen LogP contribution in [0.4, 0.5) is 18.9 Å². The number of nitrogens with one attached hydrogen (secondary N) is 1. The summed E-state index contributed by atoms with van der Waals surface area (Å²) in [5, 5.41) is 2.61. The molecule has 0 saturated carbocycles. The van der Waals surface area contributed by atoms with Crippen LogP contribution in [-0.4, -0.2) is 21.6 Å². The van der Waals surface area contributed by atoms with Gasteiger partial charge in [-0.2, -0.15) is 0 Å². The zero-order valence-electron chi connectivity index (χ0n) is 12.7. The molecule has 0 aliphatic carbocycles. The van der Waals surface area contributed by atoms with Crippen LogP contribution in [0.15, 0.2) is 17.3 Å². The number of aromatic nitrogens is 2. The van der Waals surface area contributed by atoms with Crippen LogP contribution in [0, 0.1) is 38.2 Å². The Hall–Kier alpha value is -2.09. The first kappa shape index (κ1) is 17.3. The van der Waals surface area contributed by atoms with E-state index in [1.165, 1.54) is 0 Å². The summed E-state index contributed by atoms with van der Waals surface area (Å²) in [6.07, 6.45) is 0. The molecule has 122 valence electrons. The third kappa shape index (κ3) is 4.01. The number of hydrogen-bond donors (Lipinski definition) is 1. The Kier molecular flexibility index (Phi) is 5.25. The Morgan fingerprint density at radius 2 is 1.70 bits per heavy atom. The summed E-state index contributed by atoms with van der Waals surface area (Å²) in [7, 11) is 0. The first-order valence-electron chi connectivity index (χ1n) is 6.67. The molecule has 1 amide bonds. The molecule has 0 saturated heterocycles. The summed E-state index contributed by atoms with van der Waals surface area (Å²) in [5.74, 6) is -5.01. The van der Waals surface area contributed by atoms with Crippen molar-refractivity contribution in [1.82, 2.24) is 9.97 Å². The molecule has 0 fully saturated rings. The van der Waals surface area contributed by atoms with Gasteiger partial charge < -0.3 is 5.32 Å². The summed E-state index contributed by atoms with van der Waals surface area (Å²) in [6, 6.07) is 1.71. The van der Waals surface area contributed by atoms with Crippen LogP contribution >= 0.6 is 11.8 Å². The van der Waals surface area contributed by atoms with Crippen LogP contribution in [0.3, 0.4) is 0 Å². The van der Waals surface area contributed by atoms with Gasteiger partial charge in [-0.3, -0.25) is 4.79 Å². The molecule has 0 aliphatic rings. The number of rotatable bonds is 4. The number of halogens is 3. The molecule has 0 aliphatic heterocycles. The first-order valence-corrected chi connectivity index (χ1v) is 7.66. The number of nitrogens with zero attached hydrogens (tertiary/aromatic N) is 2. The highest BCUT2D eigenvalue weighted by atomic mass is 32.2. The average molecular weight is 341 g/mol. The van der Waals surface area contributed by atoms with Gasteiger partial charge in [-0.15, -0.1) is 0 Å². The minimum Gasteiger partial charge on any atom is -0.323 e. The maximum atomic E-state index is 13.5. The van der Waals surface area contributed by atoms with Gasteiger partial charge in [-0.1, -0.05) is 11.8 Å². The summed E-state index contributed by atoms with van der Waals surface area (Å²) in [5.41, 5.74) is 2.19. The lowest BCUT2D eigenvalue weighted by molar-refractivity contribution is -0.113. The SMILES string of the molecule is Cc1nc(SCC(=O)Nc2ccc(F)c(F)c2F)nc(C)c1C. The number of hydrogen-bond acceptors (Lipinski definition) is 4. The van der Waals surface area contributed by atoms with Crippen molar-refractivity contribution >= 4 is 23.4 Å². The van der Waals surface area contributed by atoms with E-state index in [9.17, 15) is 18.0 Å². The van der Waals surface area contributed by atoms with Crippen molar-refractivity contribution in [3.05, 3.63) is 46.5 Å². The van der Waals surface area contributed by atoms with Gasteiger partial charge in [0, 0.05) is 11.4 Å². The Balaban J connectivity index is 2.02. The zero-order chi connectivity index (χ0) is 17.1. The first-order chi connectivity index (χ1) is 10.8. The van der Waals surface area contributed by atoms with Crippen molar-refractivity contribution in [3.8, 4) is 0 Å². The largest absolute Gasteiger partial charge is 0.323 e. The van der Waals surface area contributed by atoms with E-state index in [2.05, 4.69) is 15.3 Å². The molecule has 0 bridgehead atoms. The lowest BCUT2D eigenvalue weighted by atomic mass is 10.2. The van der Waals surface area contributed by atoms with Crippen LogP contribution in [0.2, 0.25) is 0 Å². The Morgan fingerprint density at radius 3 is 2.30 bits per heavy atom. The Labute approximate surface area is 135 Å². The molecule has 1 heterocycles. The van der Waals surface area contributed by atoms with Gasteiger partial charge in [0.1, 0.15) is 0 Å². The molecule has 4 nitrogen and oxygen atoms in total. The van der Waals surface area contributed by atoms with E-state index in [4.69, 9.17) is 0 Å². The van der Waals surface area contributed by atoms with Crippen LogP contribution in [0.1, 0.15) is 17.0 Å². The van der Waals surface area contributed by atoms with Crippen molar-refractivity contribution in [2.24, 2.45) is 0 Å². The third-order valence-corrected chi connectivity index (χ3v) is 4.10. The molecule has 8 heteroatoms. The molecule has 1 N–H and O–H groups in total. The maximum Gasteiger partial charge on any atom is 0.234 e. The predicted molar refractivity (Wildman–Crippen MR) is 81.9 cm³/mol. The van der Waals surface area contributed by atoms with Gasteiger partial charge in [0.15, 0.2) is 22.6 Å². The fourth-order valence-corrected chi connectivity index (χ4v) is 2.48. The Bertz CT molecular complexity index is 745.